The van der Waals surface area contributed by atoms with E-state index in [1.165, 1.54) is 18.9 Å². The van der Waals surface area contributed by atoms with Crippen molar-refractivity contribution in [2.75, 3.05) is 6.61 Å². The number of urea groups is 1. The molecule has 0 spiro atoms. The number of nitrogens with one attached hydrogen (secondary N) is 2. The number of imide groups is 1. The first-order chi connectivity index (χ1) is 13.0. The summed E-state index contributed by atoms with van der Waals surface area (Å²) in [6.45, 7) is 3.16. The average Bonchev–Trinajstić information content (AvgIpc) is 2.67. The maximum absolute atomic E-state index is 12.0. The van der Waals surface area contributed by atoms with Crippen LogP contribution in [0.1, 0.15) is 51.5 Å². The lowest BCUT2D eigenvalue weighted by Crippen LogP contribution is -2.48. The number of aryl methyl sites for hydroxylation is 1. The number of esters is 1. The second-order valence-electron chi connectivity index (χ2n) is 6.72. The molecule has 0 aliphatic heterocycles. The zero-order chi connectivity index (χ0) is 19.6. The number of rotatable bonds is 7. The highest BCUT2D eigenvalue weighted by Crippen LogP contribution is 2.17. The van der Waals surface area contributed by atoms with Crippen molar-refractivity contribution in [2.45, 2.75) is 64.5 Å². The van der Waals surface area contributed by atoms with Crippen molar-refractivity contribution < 1.29 is 23.9 Å². The average molecular weight is 376 g/mol. The summed E-state index contributed by atoms with van der Waals surface area (Å²) in [5.41, 5.74) is 1.17. The summed E-state index contributed by atoms with van der Waals surface area (Å²) < 4.78 is 10.4. The van der Waals surface area contributed by atoms with Crippen molar-refractivity contribution >= 4 is 17.9 Å². The minimum Gasteiger partial charge on any atom is -0.482 e. The molecule has 1 fully saturated rings. The highest BCUT2D eigenvalue weighted by molar-refractivity contribution is 5.97. The molecular formula is C20H28N2O5. The molecule has 1 saturated carbocycles. The summed E-state index contributed by atoms with van der Waals surface area (Å²) in [4.78, 5) is 35.7. The van der Waals surface area contributed by atoms with Crippen LogP contribution in [0.25, 0.3) is 0 Å². The highest BCUT2D eigenvalue weighted by Gasteiger charge is 2.22. The summed E-state index contributed by atoms with van der Waals surface area (Å²) in [6, 6.07) is 6.93. The molecular weight excluding hydrogens is 348 g/mol. The van der Waals surface area contributed by atoms with Gasteiger partial charge in [0.15, 0.2) is 12.7 Å². The second-order valence-corrected chi connectivity index (χ2v) is 6.72. The molecule has 0 unspecified atom stereocenters. The third kappa shape index (κ3) is 7.29. The molecule has 2 N–H and O–H groups in total. The van der Waals surface area contributed by atoms with E-state index < -0.39 is 24.0 Å². The smallest absolute Gasteiger partial charge is 0.344 e. The van der Waals surface area contributed by atoms with Gasteiger partial charge >= 0.3 is 12.0 Å². The van der Waals surface area contributed by atoms with Gasteiger partial charge in [0.1, 0.15) is 5.75 Å². The first kappa shape index (κ1) is 20.7. The van der Waals surface area contributed by atoms with Gasteiger partial charge in [-0.15, -0.1) is 0 Å². The van der Waals surface area contributed by atoms with E-state index in [0.29, 0.717) is 5.75 Å². The van der Waals surface area contributed by atoms with Crippen LogP contribution in [0.15, 0.2) is 24.3 Å². The van der Waals surface area contributed by atoms with Gasteiger partial charge in [0.05, 0.1) is 0 Å². The molecule has 0 aromatic heterocycles. The van der Waals surface area contributed by atoms with Crippen molar-refractivity contribution in [3.05, 3.63) is 29.8 Å². The molecule has 1 aromatic rings. The maximum atomic E-state index is 12.0. The van der Waals surface area contributed by atoms with Gasteiger partial charge < -0.3 is 14.8 Å². The number of hydrogen-bond acceptors (Lipinski definition) is 5. The van der Waals surface area contributed by atoms with Crippen molar-refractivity contribution in [1.29, 1.82) is 0 Å². The van der Waals surface area contributed by atoms with Gasteiger partial charge in [-0.25, -0.2) is 9.59 Å². The lowest BCUT2D eigenvalue weighted by atomic mass is 9.96. The third-order valence-corrected chi connectivity index (χ3v) is 4.54. The Labute approximate surface area is 159 Å². The number of benzene rings is 1. The Morgan fingerprint density at radius 1 is 1.11 bits per heavy atom. The Morgan fingerprint density at radius 3 is 2.41 bits per heavy atom. The molecule has 0 saturated heterocycles. The van der Waals surface area contributed by atoms with E-state index in [9.17, 15) is 14.4 Å². The summed E-state index contributed by atoms with van der Waals surface area (Å²) in [7, 11) is 0. The van der Waals surface area contributed by atoms with Crippen LogP contribution in [-0.2, 0) is 20.7 Å². The van der Waals surface area contributed by atoms with Gasteiger partial charge in [0.2, 0.25) is 0 Å². The van der Waals surface area contributed by atoms with E-state index in [1.54, 1.807) is 12.1 Å². The monoisotopic (exact) mass is 376 g/mol. The molecule has 3 amide bonds. The zero-order valence-electron chi connectivity index (χ0n) is 16.0. The van der Waals surface area contributed by atoms with Crippen molar-refractivity contribution in [3.8, 4) is 5.75 Å². The predicted molar refractivity (Wildman–Crippen MR) is 100 cm³/mol. The van der Waals surface area contributed by atoms with Gasteiger partial charge in [-0.1, -0.05) is 38.3 Å². The third-order valence-electron chi connectivity index (χ3n) is 4.54. The number of hydrogen-bond donors (Lipinski definition) is 2. The standard InChI is InChI=1S/C20H28N2O5/c1-3-15-9-11-17(12-10-15)26-13-18(23)27-14(2)19(24)22-20(25)21-16-7-5-4-6-8-16/h9-12,14,16H,3-8,13H2,1-2H3,(H2,21,22,24,25)/t14-/m0/s1. The van der Waals surface area contributed by atoms with Crippen molar-refractivity contribution in [1.82, 2.24) is 10.6 Å². The normalized spacial score (nSPS) is 15.5. The highest BCUT2D eigenvalue weighted by atomic mass is 16.6. The molecule has 1 aliphatic rings. The van der Waals surface area contributed by atoms with E-state index in [4.69, 9.17) is 9.47 Å². The maximum Gasteiger partial charge on any atom is 0.344 e. The van der Waals surface area contributed by atoms with Crippen LogP contribution >= 0.6 is 0 Å². The fourth-order valence-electron chi connectivity index (χ4n) is 2.93. The van der Waals surface area contributed by atoms with Crippen LogP contribution in [0.4, 0.5) is 4.79 Å². The van der Waals surface area contributed by atoms with Crippen molar-refractivity contribution in [3.63, 3.8) is 0 Å². The van der Waals surface area contributed by atoms with Crippen LogP contribution in [0, 0.1) is 0 Å². The minimum absolute atomic E-state index is 0.0944. The van der Waals surface area contributed by atoms with Crippen LogP contribution in [0.5, 0.6) is 5.75 Å². The molecule has 0 radical (unpaired) electrons. The van der Waals surface area contributed by atoms with Gasteiger partial charge in [-0.05, 0) is 43.9 Å². The predicted octanol–water partition coefficient (Wildman–Crippen LogP) is 2.72. The van der Waals surface area contributed by atoms with Crippen LogP contribution in [0.2, 0.25) is 0 Å². The van der Waals surface area contributed by atoms with E-state index in [0.717, 1.165) is 32.1 Å². The number of carbonyl (C=O) groups excluding carboxylic acids is 3. The van der Waals surface area contributed by atoms with E-state index in [-0.39, 0.29) is 12.6 Å². The molecule has 7 heteroatoms. The Morgan fingerprint density at radius 2 is 1.78 bits per heavy atom. The summed E-state index contributed by atoms with van der Waals surface area (Å²) in [5.74, 6) is -0.790. The lowest BCUT2D eigenvalue weighted by Gasteiger charge is -2.23. The fourth-order valence-corrected chi connectivity index (χ4v) is 2.93. The molecule has 148 valence electrons. The summed E-state index contributed by atoms with van der Waals surface area (Å²) in [5, 5.41) is 4.99. The summed E-state index contributed by atoms with van der Waals surface area (Å²) in [6.07, 6.45) is 5.01. The van der Waals surface area contributed by atoms with E-state index in [1.807, 2.05) is 12.1 Å². The molecule has 1 aromatic carbocycles. The number of ether oxygens (including phenoxy) is 2. The summed E-state index contributed by atoms with van der Waals surface area (Å²) >= 11 is 0. The first-order valence-electron chi connectivity index (χ1n) is 9.50. The molecule has 1 atom stereocenters. The Hall–Kier alpha value is -2.57. The first-order valence-corrected chi connectivity index (χ1v) is 9.50. The van der Waals surface area contributed by atoms with E-state index >= 15 is 0 Å². The Bertz CT molecular complexity index is 638. The number of amides is 3. The van der Waals surface area contributed by atoms with Crippen molar-refractivity contribution in [2.24, 2.45) is 0 Å². The SMILES string of the molecule is CCc1ccc(OCC(=O)O[C@@H](C)C(=O)NC(=O)NC2CCCCC2)cc1. The largest absolute Gasteiger partial charge is 0.482 e. The van der Waals surface area contributed by atoms with Crippen LogP contribution in [-0.4, -0.2) is 36.7 Å². The minimum atomic E-state index is -1.08. The molecule has 2 rings (SSSR count). The Kier molecular flexibility index (Phi) is 8.10. The van der Waals surface area contributed by atoms with Gasteiger partial charge in [-0.3, -0.25) is 10.1 Å². The van der Waals surface area contributed by atoms with Gasteiger partial charge in [0.25, 0.3) is 5.91 Å². The van der Waals surface area contributed by atoms with Crippen LogP contribution in [0.3, 0.4) is 0 Å². The topological polar surface area (TPSA) is 93.7 Å². The van der Waals surface area contributed by atoms with Crippen LogP contribution < -0.4 is 15.4 Å². The number of carbonyl (C=O) groups is 3. The van der Waals surface area contributed by atoms with Gasteiger partial charge in [0, 0.05) is 6.04 Å². The molecule has 0 heterocycles. The zero-order valence-corrected chi connectivity index (χ0v) is 16.0. The molecule has 27 heavy (non-hydrogen) atoms. The molecule has 0 bridgehead atoms. The fraction of sp³-hybridized carbons (Fsp3) is 0.550. The quantitative estimate of drug-likeness (QED) is 0.714. The molecule has 7 nitrogen and oxygen atoms in total. The second kappa shape index (κ2) is 10.5. The van der Waals surface area contributed by atoms with E-state index in [2.05, 4.69) is 17.6 Å². The molecule has 1 aliphatic carbocycles. The lowest BCUT2D eigenvalue weighted by molar-refractivity contribution is -0.156. The Balaban J connectivity index is 1.69. The van der Waals surface area contributed by atoms with Gasteiger partial charge in [-0.2, -0.15) is 0 Å².